The Morgan fingerprint density at radius 2 is 1.90 bits per heavy atom. The predicted molar refractivity (Wildman–Crippen MR) is 109 cm³/mol. The van der Waals surface area contributed by atoms with Gasteiger partial charge in [0.2, 0.25) is 0 Å². The van der Waals surface area contributed by atoms with Crippen LogP contribution >= 0.6 is 11.6 Å². The van der Waals surface area contributed by atoms with Gasteiger partial charge >= 0.3 is 0 Å². The molecule has 0 atom stereocenters. The van der Waals surface area contributed by atoms with Gasteiger partial charge in [0.05, 0.1) is 23.7 Å². The topological polar surface area (TPSA) is 54.0 Å². The lowest BCUT2D eigenvalue weighted by atomic mass is 10.1. The van der Waals surface area contributed by atoms with Crippen LogP contribution in [0.15, 0.2) is 47.3 Å². The van der Waals surface area contributed by atoms with Gasteiger partial charge in [-0.15, -0.1) is 0 Å². The monoisotopic (exact) mass is 410 g/mol. The second-order valence-corrected chi connectivity index (χ2v) is 7.80. The second kappa shape index (κ2) is 7.86. The Bertz CT molecular complexity index is 1160. The van der Waals surface area contributed by atoms with Crippen molar-refractivity contribution in [2.75, 3.05) is 6.54 Å². The van der Waals surface area contributed by atoms with Gasteiger partial charge in [-0.1, -0.05) is 23.7 Å². The Morgan fingerprint density at radius 1 is 1.14 bits per heavy atom. The molecule has 0 aliphatic carbocycles. The Morgan fingerprint density at radius 3 is 2.62 bits per heavy atom. The minimum absolute atomic E-state index is 0.000828. The van der Waals surface area contributed by atoms with E-state index in [0.29, 0.717) is 30.2 Å². The summed E-state index contributed by atoms with van der Waals surface area (Å²) in [7, 11) is 1.91. The summed E-state index contributed by atoms with van der Waals surface area (Å²) in [5, 5.41) is 9.71. The number of hydrogen-bond donors (Lipinski definition) is 0. The molecular weight excluding hydrogens is 391 g/mol. The number of aromatic nitrogens is 2. The third-order valence-corrected chi connectivity index (χ3v) is 5.63. The highest BCUT2D eigenvalue weighted by atomic mass is 35.5. The Kier molecular flexibility index (Phi) is 5.27. The fourth-order valence-corrected chi connectivity index (χ4v) is 4.06. The molecule has 0 N–H and O–H groups in total. The summed E-state index contributed by atoms with van der Waals surface area (Å²) >= 11 is 5.95. The van der Waals surface area contributed by atoms with Crippen molar-refractivity contribution in [1.29, 1.82) is 5.26 Å². The van der Waals surface area contributed by atoms with E-state index in [-0.39, 0.29) is 5.56 Å². The highest BCUT2D eigenvalue weighted by Crippen LogP contribution is 2.20. The molecule has 1 aliphatic heterocycles. The molecule has 0 amide bonds. The quantitative estimate of drug-likeness (QED) is 0.662. The molecule has 1 aromatic heterocycles. The van der Waals surface area contributed by atoms with Gasteiger partial charge in [-0.2, -0.15) is 5.26 Å². The minimum atomic E-state index is -0.415. The molecule has 3 aromatic rings. The van der Waals surface area contributed by atoms with E-state index in [0.717, 1.165) is 35.3 Å². The number of rotatable bonds is 4. The highest BCUT2D eigenvalue weighted by Gasteiger charge is 2.25. The summed E-state index contributed by atoms with van der Waals surface area (Å²) in [6.45, 7) is 2.25. The molecule has 7 heteroatoms. The van der Waals surface area contributed by atoms with Crippen molar-refractivity contribution in [3.63, 3.8) is 0 Å². The number of fused-ring (bicyclic) bond motifs is 1. The zero-order valence-corrected chi connectivity index (χ0v) is 16.8. The first-order valence-electron chi connectivity index (χ1n) is 9.38. The predicted octanol–water partition coefficient (Wildman–Crippen LogP) is 3.46. The highest BCUT2D eigenvalue weighted by molar-refractivity contribution is 6.30. The van der Waals surface area contributed by atoms with Gasteiger partial charge in [-0.05, 0) is 41.5 Å². The van der Waals surface area contributed by atoms with Gasteiger partial charge in [0, 0.05) is 43.8 Å². The molecule has 0 saturated heterocycles. The van der Waals surface area contributed by atoms with E-state index in [4.69, 9.17) is 16.9 Å². The van der Waals surface area contributed by atoms with Crippen LogP contribution < -0.4 is 5.56 Å². The molecule has 4 rings (SSSR count). The Balaban J connectivity index is 1.57. The van der Waals surface area contributed by atoms with E-state index >= 15 is 0 Å². The molecule has 0 saturated carbocycles. The van der Waals surface area contributed by atoms with E-state index < -0.39 is 5.82 Å². The van der Waals surface area contributed by atoms with Crippen molar-refractivity contribution in [3.8, 4) is 6.07 Å². The summed E-state index contributed by atoms with van der Waals surface area (Å²) in [5.74, 6) is -0.415. The van der Waals surface area contributed by atoms with Crippen LogP contribution in [0.25, 0.3) is 0 Å². The molecule has 29 heavy (non-hydrogen) atoms. The van der Waals surface area contributed by atoms with Gasteiger partial charge < -0.3 is 0 Å². The molecule has 0 unspecified atom stereocenters. The molecule has 5 nitrogen and oxygen atoms in total. The Hall–Kier alpha value is -2.88. The third kappa shape index (κ3) is 3.98. The van der Waals surface area contributed by atoms with Crippen LogP contribution in [0.2, 0.25) is 5.02 Å². The normalized spacial score (nSPS) is 13.9. The van der Waals surface area contributed by atoms with Crippen molar-refractivity contribution in [2.45, 2.75) is 26.1 Å². The van der Waals surface area contributed by atoms with Gasteiger partial charge in [0.15, 0.2) is 0 Å². The lowest BCUT2D eigenvalue weighted by Gasteiger charge is -2.26. The van der Waals surface area contributed by atoms with E-state index in [1.165, 1.54) is 12.1 Å². The Labute approximate surface area is 173 Å². The molecule has 148 valence electrons. The lowest BCUT2D eigenvalue weighted by Crippen LogP contribution is -2.32. The lowest BCUT2D eigenvalue weighted by molar-refractivity contribution is 0.242. The van der Waals surface area contributed by atoms with Crippen molar-refractivity contribution in [1.82, 2.24) is 14.3 Å². The van der Waals surface area contributed by atoms with Crippen molar-refractivity contribution in [3.05, 3.63) is 91.6 Å². The SMILES string of the molecule is Cn1c2c(c(=O)n1Cc1ccc(Cl)cc1)CN(Cc1cc(F)cc(C#N)c1)CC2. The van der Waals surface area contributed by atoms with Crippen LogP contribution in [0.5, 0.6) is 0 Å². The molecule has 0 fully saturated rings. The summed E-state index contributed by atoms with van der Waals surface area (Å²) in [6, 6.07) is 13.8. The molecule has 0 bridgehead atoms. The minimum Gasteiger partial charge on any atom is -0.294 e. The van der Waals surface area contributed by atoms with Crippen LogP contribution in [-0.2, 0) is 33.1 Å². The fourth-order valence-electron chi connectivity index (χ4n) is 3.93. The molecule has 2 aromatic carbocycles. The van der Waals surface area contributed by atoms with Gasteiger partial charge in [0.1, 0.15) is 5.82 Å². The molecule has 0 spiro atoms. The van der Waals surface area contributed by atoms with Crippen molar-refractivity contribution in [2.24, 2.45) is 7.05 Å². The maximum Gasteiger partial charge on any atom is 0.271 e. The van der Waals surface area contributed by atoms with Crippen LogP contribution in [0.1, 0.15) is 27.9 Å². The number of hydrogen-bond acceptors (Lipinski definition) is 3. The first-order chi connectivity index (χ1) is 13.9. The maximum absolute atomic E-state index is 13.7. The van der Waals surface area contributed by atoms with Crippen LogP contribution in [-0.4, -0.2) is 20.8 Å². The van der Waals surface area contributed by atoms with Gasteiger partial charge in [-0.3, -0.25) is 14.4 Å². The van der Waals surface area contributed by atoms with Gasteiger partial charge in [-0.25, -0.2) is 9.07 Å². The largest absolute Gasteiger partial charge is 0.294 e. The average Bonchev–Trinajstić information content (AvgIpc) is 2.93. The first-order valence-corrected chi connectivity index (χ1v) is 9.76. The van der Waals surface area contributed by atoms with E-state index in [2.05, 4.69) is 4.90 Å². The standard InChI is InChI=1S/C22H20ClFN4O/c1-26-21-6-7-27(12-17-8-16(11-25)9-19(24)10-17)14-20(21)22(29)28(26)13-15-2-4-18(23)5-3-15/h2-5,8-10H,6-7,12-14H2,1H3. The summed E-state index contributed by atoms with van der Waals surface area (Å²) in [5.41, 5.74) is 3.88. The van der Waals surface area contributed by atoms with Crippen LogP contribution in [0.3, 0.4) is 0 Å². The van der Waals surface area contributed by atoms with Crippen LogP contribution in [0, 0.1) is 17.1 Å². The maximum atomic E-state index is 13.7. The molecule has 1 aliphatic rings. The smallest absolute Gasteiger partial charge is 0.271 e. The zero-order chi connectivity index (χ0) is 20.5. The number of halogens is 2. The van der Waals surface area contributed by atoms with E-state index in [1.807, 2.05) is 42.1 Å². The van der Waals surface area contributed by atoms with E-state index in [9.17, 15) is 9.18 Å². The van der Waals surface area contributed by atoms with Crippen molar-refractivity contribution >= 4 is 11.6 Å². The van der Waals surface area contributed by atoms with Crippen LogP contribution in [0.4, 0.5) is 4.39 Å². The number of benzene rings is 2. The van der Waals surface area contributed by atoms with Crippen molar-refractivity contribution < 1.29 is 4.39 Å². The average molecular weight is 411 g/mol. The zero-order valence-electron chi connectivity index (χ0n) is 16.0. The van der Waals surface area contributed by atoms with E-state index in [1.54, 1.807) is 10.7 Å². The van der Waals surface area contributed by atoms with Gasteiger partial charge in [0.25, 0.3) is 5.56 Å². The summed E-state index contributed by atoms with van der Waals surface area (Å²) in [6.07, 6.45) is 0.745. The number of nitriles is 1. The molecular formula is C22H20ClFN4O. The third-order valence-electron chi connectivity index (χ3n) is 5.38. The fraction of sp³-hybridized carbons (Fsp3) is 0.273. The number of nitrogens with zero attached hydrogens (tertiary/aromatic N) is 4. The second-order valence-electron chi connectivity index (χ2n) is 7.36. The first kappa shape index (κ1) is 19.4. The summed E-state index contributed by atoms with van der Waals surface area (Å²) in [4.78, 5) is 15.2. The summed E-state index contributed by atoms with van der Waals surface area (Å²) < 4.78 is 17.4. The molecule has 2 heterocycles. The molecule has 0 radical (unpaired) electrons.